The van der Waals surface area contributed by atoms with Crippen molar-refractivity contribution in [3.8, 4) is 0 Å². The van der Waals surface area contributed by atoms with Crippen molar-refractivity contribution < 1.29 is 4.79 Å². The SMILES string of the molecule is CC(NCC1CCC1)C(=O)NC1CC1. The molecule has 3 heteroatoms. The summed E-state index contributed by atoms with van der Waals surface area (Å²) in [5.41, 5.74) is 0. The topological polar surface area (TPSA) is 41.1 Å². The van der Waals surface area contributed by atoms with Crippen molar-refractivity contribution in [1.82, 2.24) is 10.6 Å². The minimum atomic E-state index is -0.0174. The smallest absolute Gasteiger partial charge is 0.237 e. The van der Waals surface area contributed by atoms with E-state index in [4.69, 9.17) is 0 Å². The number of rotatable bonds is 5. The van der Waals surface area contributed by atoms with Gasteiger partial charge in [-0.25, -0.2) is 0 Å². The summed E-state index contributed by atoms with van der Waals surface area (Å²) >= 11 is 0. The number of amides is 1. The van der Waals surface area contributed by atoms with Gasteiger partial charge in [0, 0.05) is 6.04 Å². The summed E-state index contributed by atoms with van der Waals surface area (Å²) < 4.78 is 0. The van der Waals surface area contributed by atoms with Crippen LogP contribution in [0.15, 0.2) is 0 Å². The third-order valence-corrected chi connectivity index (χ3v) is 3.25. The fourth-order valence-corrected chi connectivity index (χ4v) is 1.69. The van der Waals surface area contributed by atoms with Crippen molar-refractivity contribution in [2.45, 2.75) is 51.1 Å². The first kappa shape index (κ1) is 9.97. The first-order chi connectivity index (χ1) is 6.75. The van der Waals surface area contributed by atoms with Gasteiger partial charge in [0.15, 0.2) is 0 Å². The highest BCUT2D eigenvalue weighted by molar-refractivity contribution is 5.81. The van der Waals surface area contributed by atoms with Gasteiger partial charge in [-0.2, -0.15) is 0 Å². The van der Waals surface area contributed by atoms with E-state index in [1.807, 2.05) is 6.92 Å². The normalized spacial score (nSPS) is 24.1. The van der Waals surface area contributed by atoms with Gasteiger partial charge in [0.2, 0.25) is 5.91 Å². The summed E-state index contributed by atoms with van der Waals surface area (Å²) in [6, 6.07) is 0.464. The predicted molar refractivity (Wildman–Crippen MR) is 56.0 cm³/mol. The van der Waals surface area contributed by atoms with E-state index in [-0.39, 0.29) is 11.9 Å². The third-order valence-electron chi connectivity index (χ3n) is 3.25. The van der Waals surface area contributed by atoms with Gasteiger partial charge in [-0.3, -0.25) is 4.79 Å². The van der Waals surface area contributed by atoms with Crippen molar-refractivity contribution in [3.05, 3.63) is 0 Å². The van der Waals surface area contributed by atoms with Crippen molar-refractivity contribution in [1.29, 1.82) is 0 Å². The molecule has 80 valence electrons. The predicted octanol–water partition coefficient (Wildman–Crippen LogP) is 1.04. The Morgan fingerprint density at radius 3 is 2.57 bits per heavy atom. The quantitative estimate of drug-likeness (QED) is 0.690. The summed E-state index contributed by atoms with van der Waals surface area (Å²) in [5, 5.41) is 6.32. The Labute approximate surface area is 85.6 Å². The van der Waals surface area contributed by atoms with Crippen LogP contribution in [0.4, 0.5) is 0 Å². The molecule has 0 bridgehead atoms. The molecule has 3 nitrogen and oxygen atoms in total. The molecule has 1 unspecified atom stereocenters. The summed E-state index contributed by atoms with van der Waals surface area (Å²) in [6.45, 7) is 2.97. The molecule has 0 aromatic carbocycles. The molecule has 2 rings (SSSR count). The zero-order valence-electron chi connectivity index (χ0n) is 8.88. The second-order valence-electron chi connectivity index (χ2n) is 4.71. The maximum absolute atomic E-state index is 11.5. The molecule has 2 aliphatic rings. The molecule has 1 atom stereocenters. The molecule has 2 N–H and O–H groups in total. The minimum Gasteiger partial charge on any atom is -0.352 e. The van der Waals surface area contributed by atoms with E-state index in [0.717, 1.165) is 12.5 Å². The molecule has 0 aromatic rings. The zero-order chi connectivity index (χ0) is 9.97. The number of carbonyl (C=O) groups excluding carboxylic acids is 1. The second-order valence-corrected chi connectivity index (χ2v) is 4.71. The van der Waals surface area contributed by atoms with Gasteiger partial charge in [-0.1, -0.05) is 6.42 Å². The lowest BCUT2D eigenvalue weighted by molar-refractivity contribution is -0.122. The molecule has 0 spiro atoms. The van der Waals surface area contributed by atoms with Crippen LogP contribution >= 0.6 is 0 Å². The molecular formula is C11H20N2O. The van der Waals surface area contributed by atoms with Crippen LogP contribution in [0, 0.1) is 5.92 Å². The first-order valence-electron chi connectivity index (χ1n) is 5.79. The summed E-state index contributed by atoms with van der Waals surface area (Å²) in [7, 11) is 0. The molecule has 0 aromatic heterocycles. The van der Waals surface area contributed by atoms with E-state index >= 15 is 0 Å². The van der Waals surface area contributed by atoms with Crippen LogP contribution in [0.25, 0.3) is 0 Å². The van der Waals surface area contributed by atoms with Crippen LogP contribution in [-0.2, 0) is 4.79 Å². The van der Waals surface area contributed by atoms with E-state index in [1.54, 1.807) is 0 Å². The van der Waals surface area contributed by atoms with Gasteiger partial charge in [0.05, 0.1) is 6.04 Å². The molecule has 2 aliphatic carbocycles. The number of carbonyl (C=O) groups is 1. The van der Waals surface area contributed by atoms with E-state index in [0.29, 0.717) is 6.04 Å². The van der Waals surface area contributed by atoms with Crippen LogP contribution in [0.5, 0.6) is 0 Å². The molecule has 0 saturated heterocycles. The van der Waals surface area contributed by atoms with Crippen molar-refractivity contribution in [2.24, 2.45) is 5.92 Å². The Morgan fingerprint density at radius 2 is 2.07 bits per heavy atom. The number of hydrogen-bond donors (Lipinski definition) is 2. The first-order valence-corrected chi connectivity index (χ1v) is 5.79. The van der Waals surface area contributed by atoms with E-state index < -0.39 is 0 Å². The van der Waals surface area contributed by atoms with Crippen molar-refractivity contribution >= 4 is 5.91 Å². The highest BCUT2D eigenvalue weighted by atomic mass is 16.2. The molecule has 2 fully saturated rings. The second kappa shape index (κ2) is 4.30. The summed E-state index contributed by atoms with van der Waals surface area (Å²) in [6.07, 6.45) is 6.38. The zero-order valence-corrected chi connectivity index (χ0v) is 8.88. The van der Waals surface area contributed by atoms with E-state index in [2.05, 4.69) is 10.6 Å². The van der Waals surface area contributed by atoms with Gasteiger partial charge in [0.25, 0.3) is 0 Å². The maximum Gasteiger partial charge on any atom is 0.237 e. The highest BCUT2D eigenvalue weighted by Gasteiger charge is 2.26. The Morgan fingerprint density at radius 1 is 1.36 bits per heavy atom. The average molecular weight is 196 g/mol. The fraction of sp³-hybridized carbons (Fsp3) is 0.909. The molecule has 0 heterocycles. The van der Waals surface area contributed by atoms with Crippen LogP contribution in [-0.4, -0.2) is 24.5 Å². The van der Waals surface area contributed by atoms with Crippen LogP contribution in [0.3, 0.4) is 0 Å². The van der Waals surface area contributed by atoms with Gasteiger partial charge < -0.3 is 10.6 Å². The number of nitrogens with one attached hydrogen (secondary N) is 2. The Hall–Kier alpha value is -0.570. The summed E-state index contributed by atoms with van der Waals surface area (Å²) in [4.78, 5) is 11.5. The summed E-state index contributed by atoms with van der Waals surface area (Å²) in [5.74, 6) is 0.998. The standard InChI is InChI=1S/C11H20N2O/c1-8(11(14)13-10-5-6-10)12-7-9-3-2-4-9/h8-10,12H,2-7H2,1H3,(H,13,14). The fourth-order valence-electron chi connectivity index (χ4n) is 1.69. The van der Waals surface area contributed by atoms with Gasteiger partial charge in [-0.15, -0.1) is 0 Å². The molecule has 0 radical (unpaired) electrons. The maximum atomic E-state index is 11.5. The van der Waals surface area contributed by atoms with Crippen molar-refractivity contribution in [3.63, 3.8) is 0 Å². The van der Waals surface area contributed by atoms with Crippen LogP contribution in [0.1, 0.15) is 39.0 Å². The van der Waals surface area contributed by atoms with Gasteiger partial charge >= 0.3 is 0 Å². The molecule has 1 amide bonds. The van der Waals surface area contributed by atoms with Crippen LogP contribution < -0.4 is 10.6 Å². The lowest BCUT2D eigenvalue weighted by Gasteiger charge is -2.27. The third kappa shape index (κ3) is 2.71. The Bertz CT molecular complexity index is 209. The molecule has 0 aliphatic heterocycles. The molecule has 14 heavy (non-hydrogen) atoms. The molecular weight excluding hydrogens is 176 g/mol. The lowest BCUT2D eigenvalue weighted by atomic mass is 9.85. The number of hydrogen-bond acceptors (Lipinski definition) is 2. The van der Waals surface area contributed by atoms with Crippen molar-refractivity contribution in [2.75, 3.05) is 6.54 Å². The lowest BCUT2D eigenvalue weighted by Crippen LogP contribution is -2.45. The average Bonchev–Trinajstić information content (AvgIpc) is 2.85. The van der Waals surface area contributed by atoms with E-state index in [9.17, 15) is 4.79 Å². The Balaban J connectivity index is 1.60. The minimum absolute atomic E-state index is 0.0174. The Kier molecular flexibility index (Phi) is 3.06. The van der Waals surface area contributed by atoms with Gasteiger partial charge in [-0.05, 0) is 45.1 Å². The largest absolute Gasteiger partial charge is 0.352 e. The monoisotopic (exact) mass is 196 g/mol. The van der Waals surface area contributed by atoms with Gasteiger partial charge in [0.1, 0.15) is 0 Å². The highest BCUT2D eigenvalue weighted by Crippen LogP contribution is 2.25. The molecule has 2 saturated carbocycles. The van der Waals surface area contributed by atoms with E-state index in [1.165, 1.54) is 32.1 Å². The van der Waals surface area contributed by atoms with Crippen LogP contribution in [0.2, 0.25) is 0 Å².